The highest BCUT2D eigenvalue weighted by molar-refractivity contribution is 5.94. The van der Waals surface area contributed by atoms with Crippen LogP contribution in [0.5, 0.6) is 0 Å². The highest BCUT2D eigenvalue weighted by Gasteiger charge is 2.14. The van der Waals surface area contributed by atoms with Gasteiger partial charge in [0.25, 0.3) is 0 Å². The first-order chi connectivity index (χ1) is 8.86. The normalized spacial score (nSPS) is 12.4. The Kier molecular flexibility index (Phi) is 5.30. The minimum atomic E-state index is -0.568. The van der Waals surface area contributed by atoms with E-state index in [-0.39, 0.29) is 17.8 Å². The summed E-state index contributed by atoms with van der Waals surface area (Å²) >= 11 is 0. The van der Waals surface area contributed by atoms with Gasteiger partial charge in [-0.15, -0.1) is 0 Å². The van der Waals surface area contributed by atoms with Gasteiger partial charge in [-0.25, -0.2) is 4.39 Å². The molecule has 1 aromatic rings. The van der Waals surface area contributed by atoms with Gasteiger partial charge in [-0.1, -0.05) is 6.92 Å². The van der Waals surface area contributed by atoms with E-state index in [4.69, 9.17) is 5.73 Å². The number of nitrogens with two attached hydrogens (primary N) is 1. The van der Waals surface area contributed by atoms with Gasteiger partial charge >= 0.3 is 0 Å². The molecule has 1 rings (SSSR count). The van der Waals surface area contributed by atoms with Crippen molar-refractivity contribution in [3.8, 4) is 0 Å². The average molecular weight is 267 g/mol. The number of nitrogens with zero attached hydrogens (tertiary/aromatic N) is 1. The maximum absolute atomic E-state index is 14.0. The summed E-state index contributed by atoms with van der Waals surface area (Å²) < 4.78 is 14.0. The number of hydrogen-bond acceptors (Lipinski definition) is 3. The van der Waals surface area contributed by atoms with Crippen molar-refractivity contribution in [1.82, 2.24) is 0 Å². The summed E-state index contributed by atoms with van der Waals surface area (Å²) in [5.41, 5.74) is 6.54. The van der Waals surface area contributed by atoms with E-state index in [1.807, 2.05) is 32.7 Å². The Morgan fingerprint density at radius 3 is 2.58 bits per heavy atom. The zero-order valence-corrected chi connectivity index (χ0v) is 11.9. The van der Waals surface area contributed by atoms with Crippen molar-refractivity contribution in [2.75, 3.05) is 17.3 Å². The molecule has 0 aliphatic rings. The summed E-state index contributed by atoms with van der Waals surface area (Å²) in [5.74, 6) is -0.661. The summed E-state index contributed by atoms with van der Waals surface area (Å²) in [5, 5.41) is 2.61. The van der Waals surface area contributed by atoms with E-state index in [1.165, 1.54) is 6.07 Å². The first kappa shape index (κ1) is 15.4. The molecule has 1 aromatic carbocycles. The van der Waals surface area contributed by atoms with E-state index in [9.17, 15) is 9.18 Å². The molecule has 3 N–H and O–H groups in total. The molecule has 0 aliphatic heterocycles. The number of amides is 1. The van der Waals surface area contributed by atoms with Crippen LogP contribution in [0.25, 0.3) is 0 Å². The third-order valence-corrected chi connectivity index (χ3v) is 3.15. The molecule has 0 saturated carbocycles. The van der Waals surface area contributed by atoms with E-state index in [0.717, 1.165) is 0 Å². The summed E-state index contributed by atoms with van der Waals surface area (Å²) in [4.78, 5) is 13.4. The largest absolute Gasteiger partial charge is 0.370 e. The van der Waals surface area contributed by atoms with Crippen LogP contribution in [0.2, 0.25) is 0 Å². The Hall–Kier alpha value is -1.62. The minimum absolute atomic E-state index is 0.198. The molecule has 0 aliphatic carbocycles. The molecule has 0 saturated heterocycles. The van der Waals surface area contributed by atoms with Gasteiger partial charge < -0.3 is 16.0 Å². The molecule has 4 nitrogen and oxygen atoms in total. The number of halogens is 1. The van der Waals surface area contributed by atoms with Crippen molar-refractivity contribution >= 4 is 17.3 Å². The lowest BCUT2D eigenvalue weighted by Gasteiger charge is -2.24. The van der Waals surface area contributed by atoms with Crippen molar-refractivity contribution in [2.45, 2.75) is 39.3 Å². The fraction of sp³-hybridized carbons (Fsp3) is 0.500. The molecular weight excluding hydrogens is 245 g/mol. The first-order valence-electron chi connectivity index (χ1n) is 6.45. The molecular formula is C14H22FN3O. The van der Waals surface area contributed by atoms with Crippen molar-refractivity contribution in [1.29, 1.82) is 0 Å². The van der Waals surface area contributed by atoms with Gasteiger partial charge in [0.05, 0.1) is 11.7 Å². The number of anilines is 2. The van der Waals surface area contributed by atoms with Gasteiger partial charge in [-0.05, 0) is 38.5 Å². The van der Waals surface area contributed by atoms with Gasteiger partial charge in [-0.2, -0.15) is 0 Å². The second kappa shape index (κ2) is 6.52. The van der Waals surface area contributed by atoms with Crippen molar-refractivity contribution in [3.63, 3.8) is 0 Å². The lowest BCUT2D eigenvalue weighted by molar-refractivity contribution is -0.117. The Bertz CT molecular complexity index is 448. The maximum Gasteiger partial charge on any atom is 0.241 e. The van der Waals surface area contributed by atoms with Crippen LogP contribution in [0.3, 0.4) is 0 Å². The smallest absolute Gasteiger partial charge is 0.241 e. The fourth-order valence-corrected chi connectivity index (χ4v) is 1.57. The molecule has 0 heterocycles. The molecule has 19 heavy (non-hydrogen) atoms. The average Bonchev–Trinajstić information content (AvgIpc) is 2.37. The molecule has 0 bridgehead atoms. The van der Waals surface area contributed by atoms with Crippen LogP contribution in [0.4, 0.5) is 15.8 Å². The van der Waals surface area contributed by atoms with Crippen LogP contribution >= 0.6 is 0 Å². The van der Waals surface area contributed by atoms with Crippen LogP contribution in [0, 0.1) is 5.82 Å². The third-order valence-electron chi connectivity index (χ3n) is 3.15. The predicted molar refractivity (Wildman–Crippen MR) is 76.8 cm³/mol. The number of carbonyl (C=O) groups excluding carboxylic acids is 1. The Morgan fingerprint density at radius 2 is 2.11 bits per heavy atom. The van der Waals surface area contributed by atoms with Crippen LogP contribution in [0.1, 0.15) is 27.2 Å². The van der Waals surface area contributed by atoms with E-state index in [0.29, 0.717) is 17.8 Å². The summed E-state index contributed by atoms with van der Waals surface area (Å²) in [6.45, 7) is 5.79. The molecule has 0 unspecified atom stereocenters. The molecule has 0 radical (unpaired) electrons. The SMILES string of the molecule is CC[C@H](N)C(=O)Nc1ccc(N(C)C(C)C)c(F)c1. The number of hydrogen-bond donors (Lipinski definition) is 2. The van der Waals surface area contributed by atoms with E-state index < -0.39 is 6.04 Å². The Morgan fingerprint density at radius 1 is 1.47 bits per heavy atom. The second-order valence-corrected chi connectivity index (χ2v) is 4.87. The van der Waals surface area contributed by atoms with Gasteiger partial charge in [0.2, 0.25) is 5.91 Å². The lowest BCUT2D eigenvalue weighted by atomic mass is 10.2. The quantitative estimate of drug-likeness (QED) is 0.861. The minimum Gasteiger partial charge on any atom is -0.370 e. The molecule has 1 amide bonds. The van der Waals surface area contributed by atoms with E-state index >= 15 is 0 Å². The maximum atomic E-state index is 14.0. The van der Waals surface area contributed by atoms with E-state index in [2.05, 4.69) is 5.32 Å². The zero-order valence-electron chi connectivity index (χ0n) is 11.9. The highest BCUT2D eigenvalue weighted by Crippen LogP contribution is 2.23. The van der Waals surface area contributed by atoms with Crippen LogP contribution in [-0.2, 0) is 4.79 Å². The van der Waals surface area contributed by atoms with Crippen LogP contribution in [0.15, 0.2) is 18.2 Å². The zero-order chi connectivity index (χ0) is 14.6. The fourth-order valence-electron chi connectivity index (χ4n) is 1.57. The highest BCUT2D eigenvalue weighted by atomic mass is 19.1. The second-order valence-electron chi connectivity index (χ2n) is 4.87. The van der Waals surface area contributed by atoms with Gasteiger partial charge in [0, 0.05) is 18.8 Å². The van der Waals surface area contributed by atoms with E-state index in [1.54, 1.807) is 12.1 Å². The topological polar surface area (TPSA) is 58.4 Å². The van der Waals surface area contributed by atoms with Crippen molar-refractivity contribution in [3.05, 3.63) is 24.0 Å². The first-order valence-corrected chi connectivity index (χ1v) is 6.45. The number of benzene rings is 1. The predicted octanol–water partition coefficient (Wildman–Crippen LogP) is 2.35. The number of carbonyl (C=O) groups is 1. The molecule has 5 heteroatoms. The molecule has 1 atom stereocenters. The van der Waals surface area contributed by atoms with Crippen LogP contribution in [-0.4, -0.2) is 25.0 Å². The lowest BCUT2D eigenvalue weighted by Crippen LogP contribution is -2.34. The third kappa shape index (κ3) is 3.92. The van der Waals surface area contributed by atoms with Gasteiger partial charge in [0.15, 0.2) is 0 Å². The standard InChI is InChI=1S/C14H22FN3O/c1-5-12(16)14(19)17-10-6-7-13(11(15)8-10)18(4)9(2)3/h6-9,12H,5,16H2,1-4H3,(H,17,19)/t12-/m0/s1. The summed E-state index contributed by atoms with van der Waals surface area (Å²) in [7, 11) is 1.83. The Labute approximate surface area is 113 Å². The van der Waals surface area contributed by atoms with Gasteiger partial charge in [0.1, 0.15) is 5.82 Å². The van der Waals surface area contributed by atoms with Crippen molar-refractivity contribution < 1.29 is 9.18 Å². The number of nitrogens with one attached hydrogen (secondary N) is 1. The summed E-state index contributed by atoms with van der Waals surface area (Å²) in [6.07, 6.45) is 0.544. The monoisotopic (exact) mass is 267 g/mol. The molecule has 0 spiro atoms. The number of rotatable bonds is 5. The van der Waals surface area contributed by atoms with Crippen molar-refractivity contribution in [2.24, 2.45) is 5.73 Å². The van der Waals surface area contributed by atoms with Crippen LogP contribution < -0.4 is 16.0 Å². The Balaban J connectivity index is 2.85. The summed E-state index contributed by atoms with van der Waals surface area (Å²) in [6, 6.07) is 4.28. The molecule has 106 valence electrons. The molecule has 0 aromatic heterocycles. The van der Waals surface area contributed by atoms with Gasteiger partial charge in [-0.3, -0.25) is 4.79 Å². The molecule has 0 fully saturated rings.